The molecule has 2 amide bonds. The van der Waals surface area contributed by atoms with E-state index in [0.717, 1.165) is 111 Å². The number of hydrogen-bond donors (Lipinski definition) is 0. The van der Waals surface area contributed by atoms with Crippen LogP contribution < -0.4 is 0 Å². The number of nitrogens with zero attached hydrogens (tertiary/aromatic N) is 4. The van der Waals surface area contributed by atoms with E-state index in [1.807, 2.05) is 0 Å². The summed E-state index contributed by atoms with van der Waals surface area (Å²) in [6, 6.07) is 23.3. The highest BCUT2D eigenvalue weighted by atomic mass is 32.1. The highest BCUT2D eigenvalue weighted by Crippen LogP contribution is 2.56. The van der Waals surface area contributed by atoms with Crippen molar-refractivity contribution in [3.63, 3.8) is 0 Å². The topological polar surface area (TPSA) is 47.1 Å². The number of aryl methyl sites for hydroxylation is 2. The smallest absolute Gasteiger partial charge is 0.261 e. The van der Waals surface area contributed by atoms with Crippen LogP contribution in [0.15, 0.2) is 71.8 Å². The minimum Gasteiger partial charge on any atom is -0.309 e. The first-order valence-corrected chi connectivity index (χ1v) is 29.8. The van der Waals surface area contributed by atoms with E-state index in [9.17, 15) is 0 Å². The van der Waals surface area contributed by atoms with Gasteiger partial charge in [0.25, 0.3) is 11.8 Å². The maximum Gasteiger partial charge on any atom is 0.261 e. The lowest BCUT2D eigenvalue weighted by molar-refractivity contribution is -0.124. The molecule has 0 saturated heterocycles. The van der Waals surface area contributed by atoms with Crippen molar-refractivity contribution in [2.24, 2.45) is 11.8 Å². The van der Waals surface area contributed by atoms with E-state index in [0.29, 0.717) is 36.1 Å². The van der Waals surface area contributed by atoms with Crippen LogP contribution in [0.5, 0.6) is 0 Å². The fourth-order valence-electron chi connectivity index (χ4n) is 12.1. The Morgan fingerprint density at radius 1 is 0.507 bits per heavy atom. The van der Waals surface area contributed by atoms with E-state index in [-0.39, 0.29) is 17.2 Å². The summed E-state index contributed by atoms with van der Waals surface area (Å²) in [6.45, 7) is 16.9. The fraction of sp³-hybridized carbons (Fsp3) is 0.587. The Morgan fingerprint density at radius 2 is 0.972 bits per heavy atom. The number of amides is 2. The Balaban J connectivity index is 1.35. The maximum absolute atomic E-state index is 15.7. The second-order valence-corrected chi connectivity index (χ2v) is 24.6. The first-order valence-electron chi connectivity index (χ1n) is 28.2. The van der Waals surface area contributed by atoms with Gasteiger partial charge in [-0.2, -0.15) is 0 Å². The van der Waals surface area contributed by atoms with Crippen molar-refractivity contribution in [2.45, 2.75) is 175 Å². The van der Waals surface area contributed by atoms with E-state index in [1.54, 1.807) is 22.7 Å². The Morgan fingerprint density at radius 3 is 1.46 bits per heavy atom. The third-order valence-electron chi connectivity index (χ3n) is 16.0. The highest BCUT2D eigenvalue weighted by Gasteiger charge is 2.50. The fourth-order valence-corrected chi connectivity index (χ4v) is 14.1. The van der Waals surface area contributed by atoms with Crippen molar-refractivity contribution in [1.29, 1.82) is 0 Å². The number of thiophene rings is 2. The Bertz CT molecular complexity index is 2460. The van der Waals surface area contributed by atoms with Crippen molar-refractivity contribution in [3.05, 3.63) is 103 Å². The molecule has 4 aromatic rings. The molecule has 7 rings (SSSR count). The van der Waals surface area contributed by atoms with Gasteiger partial charge in [-0.15, -0.1) is 22.7 Å². The third-order valence-corrected chi connectivity index (χ3v) is 18.1. The van der Waals surface area contributed by atoms with Gasteiger partial charge in [-0.05, 0) is 176 Å². The van der Waals surface area contributed by atoms with E-state index in [2.05, 4.69) is 150 Å². The quantitative estimate of drug-likeness (QED) is 0.0471. The predicted molar refractivity (Wildman–Crippen MR) is 306 cm³/mol. The number of hydrogen-bond acceptors (Lipinski definition) is 6. The zero-order chi connectivity index (χ0) is 50.7. The molecule has 0 bridgehead atoms. The molecule has 8 heteroatoms. The molecule has 0 radical (unpaired) electrons. The Labute approximate surface area is 439 Å². The minimum absolute atomic E-state index is 0.0239. The normalized spacial score (nSPS) is 16.1. The highest BCUT2D eigenvalue weighted by molar-refractivity contribution is 7.16. The van der Waals surface area contributed by atoms with Crippen LogP contribution in [0.25, 0.3) is 33.0 Å². The molecular formula is C63H90N4O2S2. The first kappa shape index (κ1) is 54.9. The molecule has 71 heavy (non-hydrogen) atoms. The largest absolute Gasteiger partial charge is 0.309 e. The van der Waals surface area contributed by atoms with Crippen molar-refractivity contribution >= 4 is 45.9 Å². The zero-order valence-electron chi connectivity index (χ0n) is 45.8. The number of fused-ring (bicyclic) bond motifs is 4. The summed E-state index contributed by atoms with van der Waals surface area (Å²) in [6.07, 6.45) is 23.2. The summed E-state index contributed by atoms with van der Waals surface area (Å²) < 4.78 is 0. The van der Waals surface area contributed by atoms with Crippen molar-refractivity contribution in [2.75, 3.05) is 54.4 Å². The molecule has 2 aromatic heterocycles. The van der Waals surface area contributed by atoms with Crippen LogP contribution in [0.3, 0.4) is 0 Å². The SMILES string of the molecule is CCCCCCC(CCCC)CN1C(=O)C2=C(c3ccc(-c4ccc5c(c4)C(CCCN(C)C)(CCCN(C)C)c4cc(C)ccc4-5)s3)N(CC(CCCC)CCCCCC)C(=O)C2=C1c1ccc(C)s1. The van der Waals surface area contributed by atoms with E-state index in [4.69, 9.17) is 0 Å². The van der Waals surface area contributed by atoms with E-state index < -0.39 is 0 Å². The molecule has 2 aromatic carbocycles. The van der Waals surface area contributed by atoms with Gasteiger partial charge >= 0.3 is 0 Å². The van der Waals surface area contributed by atoms with Gasteiger partial charge < -0.3 is 19.6 Å². The molecule has 0 saturated carbocycles. The lowest BCUT2D eigenvalue weighted by atomic mass is 9.70. The molecule has 1 aliphatic carbocycles. The standard InChI is InChI=1S/C63H90N4O2S2/c1-11-15-19-21-27-47(25-17-13-3)43-66-59(55-34-30-46(6)70-55)57-58(62(66)69)60(67(61(57)68)44-48(26-18-14-4)28-22-20-16-12-2)56-36-35-54(71-56)49-31-33-51-50-32-29-45(5)41-52(50)63(53(51)42-49,37-23-39-64(7)8)38-24-40-65(9)10/h29-36,41-42,47-48H,11-28,37-40,43-44H2,1-10H3. The second kappa shape index (κ2) is 25.9. The van der Waals surface area contributed by atoms with Gasteiger partial charge in [0, 0.05) is 28.3 Å². The number of unbranched alkanes of at least 4 members (excludes halogenated alkanes) is 8. The number of benzene rings is 2. The van der Waals surface area contributed by atoms with Gasteiger partial charge in [0.1, 0.15) is 0 Å². The lowest BCUT2D eigenvalue weighted by Crippen LogP contribution is -2.34. The van der Waals surface area contributed by atoms with Gasteiger partial charge in [0.05, 0.1) is 32.3 Å². The molecule has 6 nitrogen and oxygen atoms in total. The summed E-state index contributed by atoms with van der Waals surface area (Å²) >= 11 is 3.49. The summed E-state index contributed by atoms with van der Waals surface area (Å²) in [4.78, 5) is 44.6. The number of carbonyl (C=O) groups is 2. The summed E-state index contributed by atoms with van der Waals surface area (Å²) in [7, 11) is 8.78. The van der Waals surface area contributed by atoms with Crippen LogP contribution >= 0.6 is 22.7 Å². The molecule has 2 atom stereocenters. The van der Waals surface area contributed by atoms with Crippen molar-refractivity contribution < 1.29 is 9.59 Å². The monoisotopic (exact) mass is 999 g/mol. The summed E-state index contributed by atoms with van der Waals surface area (Å²) in [5.74, 6) is 0.816. The van der Waals surface area contributed by atoms with Crippen LogP contribution in [0.4, 0.5) is 0 Å². The summed E-state index contributed by atoms with van der Waals surface area (Å²) in [5.41, 5.74) is 11.2. The van der Waals surface area contributed by atoms with Gasteiger partial charge in [0.15, 0.2) is 0 Å². The van der Waals surface area contributed by atoms with E-state index >= 15 is 9.59 Å². The number of rotatable bonds is 31. The van der Waals surface area contributed by atoms with Crippen LogP contribution in [0.2, 0.25) is 0 Å². The molecule has 2 aliphatic heterocycles. The molecule has 4 heterocycles. The van der Waals surface area contributed by atoms with E-state index in [1.165, 1.54) is 94.5 Å². The molecule has 0 spiro atoms. The van der Waals surface area contributed by atoms with Crippen LogP contribution in [-0.4, -0.2) is 85.8 Å². The van der Waals surface area contributed by atoms with Crippen LogP contribution in [0, 0.1) is 25.7 Å². The zero-order valence-corrected chi connectivity index (χ0v) is 47.5. The predicted octanol–water partition coefficient (Wildman–Crippen LogP) is 16.4. The molecule has 0 N–H and O–H groups in total. The van der Waals surface area contributed by atoms with Gasteiger partial charge in [-0.3, -0.25) is 9.59 Å². The Kier molecular flexibility index (Phi) is 20.0. The van der Waals surface area contributed by atoms with Gasteiger partial charge in [-0.1, -0.05) is 141 Å². The molecule has 386 valence electrons. The molecule has 2 unspecified atom stereocenters. The van der Waals surface area contributed by atoms with Gasteiger partial charge in [-0.25, -0.2) is 0 Å². The maximum atomic E-state index is 15.7. The van der Waals surface area contributed by atoms with Crippen LogP contribution in [0.1, 0.15) is 187 Å². The third kappa shape index (κ3) is 12.8. The average molecular weight is 1000 g/mol. The molecular weight excluding hydrogens is 909 g/mol. The average Bonchev–Trinajstić information content (AvgIpc) is 4.17. The van der Waals surface area contributed by atoms with Crippen molar-refractivity contribution in [3.8, 4) is 21.6 Å². The minimum atomic E-state index is -0.0797. The van der Waals surface area contributed by atoms with Crippen LogP contribution in [-0.2, 0) is 15.0 Å². The lowest BCUT2D eigenvalue weighted by Gasteiger charge is -2.34. The molecule has 0 fully saturated rings. The first-order chi connectivity index (χ1) is 34.3. The summed E-state index contributed by atoms with van der Waals surface area (Å²) in [5, 5.41) is 0. The Hall–Kier alpha value is -3.82. The molecule has 3 aliphatic rings. The number of carbonyl (C=O) groups excluding carboxylic acids is 2. The van der Waals surface area contributed by atoms with Crippen molar-refractivity contribution in [1.82, 2.24) is 19.6 Å². The second-order valence-electron chi connectivity index (χ2n) is 22.3. The van der Waals surface area contributed by atoms with Gasteiger partial charge in [0.2, 0.25) is 0 Å².